The van der Waals surface area contributed by atoms with Crippen molar-refractivity contribution in [3.63, 3.8) is 0 Å². The van der Waals surface area contributed by atoms with Gasteiger partial charge in [-0.3, -0.25) is 4.79 Å². The number of amides is 1. The molecule has 0 aromatic carbocycles. The summed E-state index contributed by atoms with van der Waals surface area (Å²) in [6.45, 7) is 1.79. The topological polar surface area (TPSA) is 68.9 Å². The van der Waals surface area contributed by atoms with Gasteiger partial charge in [-0.25, -0.2) is 14.4 Å². The van der Waals surface area contributed by atoms with Crippen LogP contribution in [0.15, 0.2) is 6.20 Å². The number of carbonyl (C=O) groups is 1. The first kappa shape index (κ1) is 11.8. The molecular weight excluding hydrogens is 221 g/mol. The van der Waals surface area contributed by atoms with Crippen LogP contribution in [0.4, 0.5) is 4.39 Å². The molecule has 1 heterocycles. The molecule has 0 aliphatic carbocycles. The molecule has 1 unspecified atom stereocenters. The Hall–Kier alpha value is -1.23. The molecule has 0 aliphatic heterocycles. The van der Waals surface area contributed by atoms with Crippen LogP contribution in [0.1, 0.15) is 19.0 Å². The van der Waals surface area contributed by atoms with Gasteiger partial charge in [0, 0.05) is 6.42 Å². The van der Waals surface area contributed by atoms with Crippen molar-refractivity contribution in [2.45, 2.75) is 19.8 Å². The highest BCUT2D eigenvalue weighted by Crippen LogP contribution is 2.14. The number of nitrogens with zero attached hydrogens (tertiary/aromatic N) is 2. The summed E-state index contributed by atoms with van der Waals surface area (Å²) in [5.41, 5.74) is 5.24. The van der Waals surface area contributed by atoms with Gasteiger partial charge in [0.05, 0.1) is 11.9 Å². The van der Waals surface area contributed by atoms with E-state index in [1.54, 1.807) is 6.92 Å². The number of hydrogen-bond donors (Lipinski definition) is 1. The third-order valence-electron chi connectivity index (χ3n) is 1.88. The second-order valence-electron chi connectivity index (χ2n) is 3.41. The van der Waals surface area contributed by atoms with Crippen molar-refractivity contribution in [2.75, 3.05) is 0 Å². The molecule has 82 valence electrons. The van der Waals surface area contributed by atoms with Crippen molar-refractivity contribution < 1.29 is 9.18 Å². The summed E-state index contributed by atoms with van der Waals surface area (Å²) in [5.74, 6) is -0.998. The SMILES string of the molecule is CC(CC(N)=O)Cc1nc(Cl)ncc1F. The molecule has 0 saturated carbocycles. The standard InChI is InChI=1S/C9H11ClFN3O/c1-5(3-8(12)15)2-7-6(11)4-13-9(10)14-7/h4-5H,2-3H2,1H3,(H2,12,15). The molecule has 0 aliphatic rings. The lowest BCUT2D eigenvalue weighted by molar-refractivity contribution is -0.118. The zero-order chi connectivity index (χ0) is 11.4. The lowest BCUT2D eigenvalue weighted by Crippen LogP contribution is -2.16. The zero-order valence-electron chi connectivity index (χ0n) is 8.20. The van der Waals surface area contributed by atoms with Crippen molar-refractivity contribution in [2.24, 2.45) is 11.7 Å². The summed E-state index contributed by atoms with van der Waals surface area (Å²) in [6, 6.07) is 0. The van der Waals surface area contributed by atoms with Gasteiger partial charge < -0.3 is 5.73 Å². The third-order valence-corrected chi connectivity index (χ3v) is 2.06. The molecule has 1 atom stereocenters. The smallest absolute Gasteiger partial charge is 0.222 e. The maximum Gasteiger partial charge on any atom is 0.222 e. The molecule has 6 heteroatoms. The Kier molecular flexibility index (Phi) is 3.96. The molecule has 0 bridgehead atoms. The predicted molar refractivity (Wildman–Crippen MR) is 53.7 cm³/mol. The van der Waals surface area contributed by atoms with Gasteiger partial charge in [0.15, 0.2) is 5.82 Å². The third kappa shape index (κ3) is 3.79. The van der Waals surface area contributed by atoms with Crippen LogP contribution in [-0.2, 0) is 11.2 Å². The van der Waals surface area contributed by atoms with Crippen molar-refractivity contribution >= 4 is 17.5 Å². The number of nitrogens with two attached hydrogens (primary N) is 1. The minimum absolute atomic E-state index is 0.00215. The van der Waals surface area contributed by atoms with Crippen LogP contribution >= 0.6 is 11.6 Å². The van der Waals surface area contributed by atoms with Crippen molar-refractivity contribution in [1.29, 1.82) is 0 Å². The number of rotatable bonds is 4. The van der Waals surface area contributed by atoms with Crippen LogP contribution in [0.5, 0.6) is 0 Å². The molecule has 1 amide bonds. The highest BCUT2D eigenvalue weighted by molar-refractivity contribution is 6.28. The molecule has 1 aromatic rings. The van der Waals surface area contributed by atoms with E-state index in [0.29, 0.717) is 6.42 Å². The van der Waals surface area contributed by atoms with E-state index in [1.807, 2.05) is 0 Å². The van der Waals surface area contributed by atoms with Crippen molar-refractivity contribution in [3.05, 3.63) is 23.0 Å². The van der Waals surface area contributed by atoms with E-state index in [0.717, 1.165) is 6.20 Å². The van der Waals surface area contributed by atoms with Gasteiger partial charge >= 0.3 is 0 Å². The molecule has 0 spiro atoms. The molecule has 15 heavy (non-hydrogen) atoms. The fourth-order valence-corrected chi connectivity index (χ4v) is 1.42. The maximum absolute atomic E-state index is 13.2. The van der Waals surface area contributed by atoms with E-state index in [9.17, 15) is 9.18 Å². The van der Waals surface area contributed by atoms with Crippen molar-refractivity contribution in [3.8, 4) is 0 Å². The number of carbonyl (C=O) groups excluding carboxylic acids is 1. The molecule has 1 rings (SSSR count). The van der Waals surface area contributed by atoms with E-state index < -0.39 is 11.7 Å². The van der Waals surface area contributed by atoms with Crippen LogP contribution in [0.25, 0.3) is 0 Å². The second kappa shape index (κ2) is 5.02. The minimum Gasteiger partial charge on any atom is -0.370 e. The molecule has 0 fully saturated rings. The molecular formula is C9H11ClFN3O. The van der Waals surface area contributed by atoms with Gasteiger partial charge in [-0.2, -0.15) is 0 Å². The fraction of sp³-hybridized carbons (Fsp3) is 0.444. The molecule has 2 N–H and O–H groups in total. The quantitative estimate of drug-likeness (QED) is 0.795. The Morgan fingerprint density at radius 1 is 1.73 bits per heavy atom. The first-order chi connectivity index (χ1) is 6.99. The number of primary amides is 1. The van der Waals surface area contributed by atoms with Crippen LogP contribution < -0.4 is 5.73 Å². The fourth-order valence-electron chi connectivity index (χ4n) is 1.27. The lowest BCUT2D eigenvalue weighted by atomic mass is 10.0. The molecule has 1 aromatic heterocycles. The van der Waals surface area contributed by atoms with Gasteiger partial charge in [-0.05, 0) is 23.9 Å². The Balaban J connectivity index is 2.71. The van der Waals surface area contributed by atoms with Crippen LogP contribution in [0.2, 0.25) is 5.28 Å². The number of hydrogen-bond acceptors (Lipinski definition) is 3. The van der Waals surface area contributed by atoms with Crippen LogP contribution in [-0.4, -0.2) is 15.9 Å². The van der Waals surface area contributed by atoms with E-state index in [1.165, 1.54) is 0 Å². The predicted octanol–water partition coefficient (Wildman–Crippen LogP) is 1.32. The maximum atomic E-state index is 13.2. The van der Waals surface area contributed by atoms with Gasteiger partial charge in [-0.15, -0.1) is 0 Å². The highest BCUT2D eigenvalue weighted by atomic mass is 35.5. The Bertz CT molecular complexity index is 372. The van der Waals surface area contributed by atoms with Gasteiger partial charge in [0.25, 0.3) is 0 Å². The summed E-state index contributed by atoms with van der Waals surface area (Å²) >= 11 is 5.53. The first-order valence-electron chi connectivity index (χ1n) is 4.44. The average molecular weight is 232 g/mol. The van der Waals surface area contributed by atoms with Gasteiger partial charge in [0.1, 0.15) is 0 Å². The van der Waals surface area contributed by atoms with Gasteiger partial charge in [-0.1, -0.05) is 6.92 Å². The van der Waals surface area contributed by atoms with E-state index >= 15 is 0 Å². The summed E-state index contributed by atoms with van der Waals surface area (Å²) in [4.78, 5) is 17.9. The Labute approximate surface area is 91.7 Å². The number of aromatic nitrogens is 2. The van der Waals surface area contributed by atoms with Crippen LogP contribution in [0.3, 0.4) is 0 Å². The Morgan fingerprint density at radius 3 is 3.00 bits per heavy atom. The van der Waals surface area contributed by atoms with E-state index in [-0.39, 0.29) is 23.3 Å². The second-order valence-corrected chi connectivity index (χ2v) is 3.75. The molecule has 4 nitrogen and oxygen atoms in total. The minimum atomic E-state index is -0.518. The lowest BCUT2D eigenvalue weighted by Gasteiger charge is -2.08. The summed E-state index contributed by atoms with van der Waals surface area (Å²) < 4.78 is 13.2. The monoisotopic (exact) mass is 231 g/mol. The van der Waals surface area contributed by atoms with Gasteiger partial charge in [0.2, 0.25) is 11.2 Å². The summed E-state index contributed by atoms with van der Waals surface area (Å²) in [7, 11) is 0. The zero-order valence-corrected chi connectivity index (χ0v) is 8.96. The van der Waals surface area contributed by atoms with E-state index in [2.05, 4.69) is 9.97 Å². The Morgan fingerprint density at radius 2 is 2.40 bits per heavy atom. The molecule has 0 saturated heterocycles. The first-order valence-corrected chi connectivity index (χ1v) is 4.82. The van der Waals surface area contributed by atoms with E-state index in [4.69, 9.17) is 17.3 Å². The normalized spacial score (nSPS) is 12.5. The summed E-state index contributed by atoms with van der Waals surface area (Å²) in [6.07, 6.45) is 1.53. The largest absolute Gasteiger partial charge is 0.370 e. The molecule has 0 radical (unpaired) electrons. The van der Waals surface area contributed by atoms with Crippen LogP contribution in [0, 0.1) is 11.7 Å². The summed E-state index contributed by atoms with van der Waals surface area (Å²) in [5, 5.41) is -0.00215. The number of halogens is 2. The average Bonchev–Trinajstić information content (AvgIpc) is 2.10. The van der Waals surface area contributed by atoms with Crippen molar-refractivity contribution in [1.82, 2.24) is 9.97 Å². The highest BCUT2D eigenvalue weighted by Gasteiger charge is 2.12.